The summed E-state index contributed by atoms with van der Waals surface area (Å²) in [6.07, 6.45) is 0.908. The van der Waals surface area contributed by atoms with Crippen LogP contribution in [0.5, 0.6) is 5.75 Å². The van der Waals surface area contributed by atoms with Gasteiger partial charge in [0.15, 0.2) is 5.78 Å². The van der Waals surface area contributed by atoms with E-state index in [1.807, 2.05) is 38.2 Å². The highest BCUT2D eigenvalue weighted by atomic mass is 16.5. The number of likely N-dealkylation sites (N-methyl/N-ethyl adjacent to an activating group) is 1. The first kappa shape index (κ1) is 12.1. The van der Waals surface area contributed by atoms with Crippen LogP contribution >= 0.6 is 0 Å². The number of hydrogen-bond acceptors (Lipinski definition) is 3. The Bertz CT molecular complexity index is 403. The Kier molecular flexibility index (Phi) is 3.79. The van der Waals surface area contributed by atoms with Crippen molar-refractivity contribution in [3.05, 3.63) is 29.8 Å². The number of benzene rings is 1. The fourth-order valence-corrected chi connectivity index (χ4v) is 2.31. The minimum Gasteiger partial charge on any atom is -0.494 e. The van der Waals surface area contributed by atoms with E-state index in [1.165, 1.54) is 0 Å². The van der Waals surface area contributed by atoms with Crippen LogP contribution in [-0.4, -0.2) is 37.4 Å². The number of carbonyl (C=O) groups is 1. The monoisotopic (exact) mass is 233 g/mol. The van der Waals surface area contributed by atoms with Crippen molar-refractivity contribution in [3.63, 3.8) is 0 Å². The van der Waals surface area contributed by atoms with E-state index in [2.05, 4.69) is 4.90 Å². The summed E-state index contributed by atoms with van der Waals surface area (Å²) in [7, 11) is 1.99. The van der Waals surface area contributed by atoms with Crippen LogP contribution < -0.4 is 4.74 Å². The maximum Gasteiger partial charge on any atom is 0.154 e. The Morgan fingerprint density at radius 3 is 3.00 bits per heavy atom. The molecule has 1 fully saturated rings. The first-order valence-corrected chi connectivity index (χ1v) is 6.14. The van der Waals surface area contributed by atoms with Crippen LogP contribution in [0, 0.1) is 0 Å². The van der Waals surface area contributed by atoms with E-state index in [1.54, 1.807) is 0 Å². The zero-order valence-corrected chi connectivity index (χ0v) is 10.5. The molecule has 2 rings (SSSR count). The predicted octanol–water partition coefficient (Wildman–Crippen LogP) is 2.07. The molecule has 1 atom stereocenters. The Morgan fingerprint density at radius 2 is 2.29 bits per heavy atom. The molecule has 1 aromatic rings. The van der Waals surface area contributed by atoms with Crippen LogP contribution in [0.15, 0.2) is 24.3 Å². The third kappa shape index (κ3) is 2.86. The number of rotatable bonds is 3. The summed E-state index contributed by atoms with van der Waals surface area (Å²) >= 11 is 0. The van der Waals surface area contributed by atoms with Gasteiger partial charge >= 0.3 is 0 Å². The number of carbonyl (C=O) groups excluding carboxylic acids is 1. The number of ketones is 1. The zero-order valence-electron chi connectivity index (χ0n) is 10.5. The molecular weight excluding hydrogens is 214 g/mol. The largest absolute Gasteiger partial charge is 0.494 e. The van der Waals surface area contributed by atoms with E-state index in [0.29, 0.717) is 18.9 Å². The van der Waals surface area contributed by atoms with E-state index in [0.717, 1.165) is 24.3 Å². The summed E-state index contributed by atoms with van der Waals surface area (Å²) in [6.45, 7) is 4.16. The van der Waals surface area contributed by atoms with Crippen LogP contribution in [-0.2, 0) is 4.79 Å². The normalized spacial score (nSPS) is 21.5. The summed E-state index contributed by atoms with van der Waals surface area (Å²) in [4.78, 5) is 14.1. The summed E-state index contributed by atoms with van der Waals surface area (Å²) < 4.78 is 5.47. The average molecular weight is 233 g/mol. The molecule has 0 amide bonds. The van der Waals surface area contributed by atoms with Gasteiger partial charge in [0.05, 0.1) is 13.2 Å². The first-order valence-electron chi connectivity index (χ1n) is 6.14. The lowest BCUT2D eigenvalue weighted by atomic mass is 9.88. The highest BCUT2D eigenvalue weighted by molar-refractivity contribution is 5.88. The second-order valence-corrected chi connectivity index (χ2v) is 4.55. The van der Waals surface area contributed by atoms with Gasteiger partial charge in [-0.2, -0.15) is 0 Å². The highest BCUT2D eigenvalue weighted by Crippen LogP contribution is 2.27. The molecule has 0 saturated carbocycles. The fourth-order valence-electron chi connectivity index (χ4n) is 2.31. The smallest absolute Gasteiger partial charge is 0.154 e. The molecule has 17 heavy (non-hydrogen) atoms. The Balaban J connectivity index is 2.16. The van der Waals surface area contributed by atoms with Crippen molar-refractivity contribution in [2.24, 2.45) is 0 Å². The van der Waals surface area contributed by atoms with Gasteiger partial charge in [-0.25, -0.2) is 0 Å². The quantitative estimate of drug-likeness (QED) is 0.800. The summed E-state index contributed by atoms with van der Waals surface area (Å²) in [5.74, 6) is 1.22. The molecular formula is C14H19NO2. The molecule has 0 spiro atoms. The fraction of sp³-hybridized carbons (Fsp3) is 0.500. The van der Waals surface area contributed by atoms with E-state index in [4.69, 9.17) is 4.74 Å². The molecule has 0 bridgehead atoms. The third-order valence-electron chi connectivity index (χ3n) is 3.19. The molecule has 0 radical (unpaired) electrons. The number of piperidine rings is 1. The van der Waals surface area contributed by atoms with Crippen LogP contribution in [0.1, 0.15) is 24.8 Å². The topological polar surface area (TPSA) is 29.5 Å². The van der Waals surface area contributed by atoms with Crippen molar-refractivity contribution in [1.82, 2.24) is 4.90 Å². The molecule has 92 valence electrons. The molecule has 1 aromatic carbocycles. The number of likely N-dealkylation sites (tertiary alicyclic amines) is 1. The minimum absolute atomic E-state index is 0.0478. The van der Waals surface area contributed by atoms with Gasteiger partial charge in [0.25, 0.3) is 0 Å². The molecule has 3 heteroatoms. The van der Waals surface area contributed by atoms with E-state index in [-0.39, 0.29) is 5.92 Å². The molecule has 3 nitrogen and oxygen atoms in total. The lowest BCUT2D eigenvalue weighted by Crippen LogP contribution is -2.37. The number of nitrogens with zero attached hydrogens (tertiary/aromatic N) is 1. The summed E-state index contributed by atoms with van der Waals surface area (Å²) in [6, 6.07) is 7.92. The molecule has 1 saturated heterocycles. The maximum absolute atomic E-state index is 12.0. The molecule has 0 aromatic heterocycles. The minimum atomic E-state index is 0.0478. The van der Waals surface area contributed by atoms with Gasteiger partial charge in [0, 0.05) is 5.92 Å². The van der Waals surface area contributed by atoms with Gasteiger partial charge in [-0.15, -0.1) is 0 Å². The molecule has 0 aliphatic carbocycles. The maximum atomic E-state index is 12.0. The number of ether oxygens (including phenoxy) is 1. The third-order valence-corrected chi connectivity index (χ3v) is 3.19. The van der Waals surface area contributed by atoms with Crippen molar-refractivity contribution < 1.29 is 9.53 Å². The Labute approximate surface area is 102 Å². The molecule has 1 aliphatic heterocycles. The SMILES string of the molecule is CCOc1cccc(C2CCN(C)CC2=O)c1. The van der Waals surface area contributed by atoms with Gasteiger partial charge < -0.3 is 4.74 Å². The van der Waals surface area contributed by atoms with Gasteiger partial charge in [0.1, 0.15) is 5.75 Å². The highest BCUT2D eigenvalue weighted by Gasteiger charge is 2.26. The average Bonchev–Trinajstić information content (AvgIpc) is 2.29. The van der Waals surface area contributed by atoms with Crippen LogP contribution in [0.3, 0.4) is 0 Å². The second-order valence-electron chi connectivity index (χ2n) is 4.55. The number of Topliss-reactive ketones (excluding diaryl/α,β-unsaturated/α-hetero) is 1. The standard InChI is InChI=1S/C14H19NO2/c1-3-17-12-6-4-5-11(9-12)13-7-8-15(2)10-14(13)16/h4-6,9,13H,3,7-8,10H2,1-2H3. The molecule has 1 unspecified atom stereocenters. The molecule has 1 aliphatic rings. The van der Waals surface area contributed by atoms with Gasteiger partial charge in [-0.3, -0.25) is 9.69 Å². The Morgan fingerprint density at radius 1 is 1.47 bits per heavy atom. The van der Waals surface area contributed by atoms with Crippen molar-refractivity contribution >= 4 is 5.78 Å². The second kappa shape index (κ2) is 5.32. The van der Waals surface area contributed by atoms with Gasteiger partial charge in [-0.05, 0) is 44.6 Å². The van der Waals surface area contributed by atoms with E-state index < -0.39 is 0 Å². The van der Waals surface area contributed by atoms with Gasteiger partial charge in [-0.1, -0.05) is 12.1 Å². The predicted molar refractivity (Wildman–Crippen MR) is 67.5 cm³/mol. The van der Waals surface area contributed by atoms with E-state index >= 15 is 0 Å². The first-order chi connectivity index (χ1) is 8.20. The van der Waals surface area contributed by atoms with Crippen LogP contribution in [0.2, 0.25) is 0 Å². The van der Waals surface area contributed by atoms with Crippen molar-refractivity contribution in [2.75, 3.05) is 26.7 Å². The van der Waals surface area contributed by atoms with Crippen molar-refractivity contribution in [1.29, 1.82) is 0 Å². The van der Waals surface area contributed by atoms with Gasteiger partial charge in [0.2, 0.25) is 0 Å². The lowest BCUT2D eigenvalue weighted by molar-refractivity contribution is -0.123. The summed E-state index contributed by atoms with van der Waals surface area (Å²) in [5.41, 5.74) is 1.09. The molecule has 0 N–H and O–H groups in total. The molecule has 1 heterocycles. The van der Waals surface area contributed by atoms with Crippen molar-refractivity contribution in [3.8, 4) is 5.75 Å². The van der Waals surface area contributed by atoms with Crippen LogP contribution in [0.25, 0.3) is 0 Å². The van der Waals surface area contributed by atoms with Crippen LogP contribution in [0.4, 0.5) is 0 Å². The van der Waals surface area contributed by atoms with Crippen molar-refractivity contribution in [2.45, 2.75) is 19.3 Å². The van der Waals surface area contributed by atoms with E-state index in [9.17, 15) is 4.79 Å². The summed E-state index contributed by atoms with van der Waals surface area (Å²) in [5, 5.41) is 0. The lowest BCUT2D eigenvalue weighted by Gasteiger charge is -2.28. The Hall–Kier alpha value is -1.35. The zero-order chi connectivity index (χ0) is 12.3. The number of hydrogen-bond donors (Lipinski definition) is 0.